The first kappa shape index (κ1) is 12.5. The van der Waals surface area contributed by atoms with Gasteiger partial charge in [-0.05, 0) is 25.1 Å². The van der Waals surface area contributed by atoms with Crippen LogP contribution in [0.25, 0.3) is 0 Å². The Kier molecular flexibility index (Phi) is 3.89. The number of nitrogens with zero attached hydrogens (tertiary/aromatic N) is 2. The van der Waals surface area contributed by atoms with Crippen molar-refractivity contribution in [3.8, 4) is 0 Å². The Labute approximate surface area is 106 Å². The second-order valence-electron chi connectivity index (χ2n) is 3.87. The number of para-hydroxylation sites is 1. The van der Waals surface area contributed by atoms with Crippen LogP contribution in [-0.2, 0) is 6.61 Å². The summed E-state index contributed by atoms with van der Waals surface area (Å²) >= 11 is 0. The monoisotopic (exact) mass is 246 g/mol. The van der Waals surface area contributed by atoms with Crippen molar-refractivity contribution in [3.05, 3.63) is 54.0 Å². The van der Waals surface area contributed by atoms with Gasteiger partial charge < -0.3 is 10.0 Å². The fourth-order valence-electron chi connectivity index (χ4n) is 1.90. The molecule has 3 nitrogen and oxygen atoms in total. The van der Waals surface area contributed by atoms with Crippen molar-refractivity contribution >= 4 is 11.5 Å². The second kappa shape index (κ2) is 5.60. The Balaban J connectivity index is 2.45. The third kappa shape index (κ3) is 2.49. The zero-order valence-electron chi connectivity index (χ0n) is 10.2. The largest absolute Gasteiger partial charge is 0.392 e. The van der Waals surface area contributed by atoms with E-state index in [1.807, 2.05) is 42.2 Å². The fourth-order valence-corrected chi connectivity index (χ4v) is 1.90. The van der Waals surface area contributed by atoms with Gasteiger partial charge in [0.25, 0.3) is 0 Å². The Hall–Kier alpha value is -1.94. The Morgan fingerprint density at radius 1 is 1.28 bits per heavy atom. The van der Waals surface area contributed by atoms with Gasteiger partial charge in [0.15, 0.2) is 0 Å². The molecule has 1 N–H and O–H groups in total. The summed E-state index contributed by atoms with van der Waals surface area (Å²) in [7, 11) is 0. The van der Waals surface area contributed by atoms with Crippen molar-refractivity contribution in [1.29, 1.82) is 0 Å². The Morgan fingerprint density at radius 2 is 2.00 bits per heavy atom. The normalized spacial score (nSPS) is 10.4. The molecule has 0 aliphatic heterocycles. The molecule has 0 aliphatic rings. The molecule has 0 aliphatic carbocycles. The molecule has 94 valence electrons. The molecule has 1 aromatic heterocycles. The number of benzene rings is 1. The number of aromatic nitrogens is 1. The summed E-state index contributed by atoms with van der Waals surface area (Å²) in [6.07, 6.45) is 1.17. The Bertz CT molecular complexity index is 516. The van der Waals surface area contributed by atoms with E-state index < -0.39 is 5.82 Å². The third-order valence-electron chi connectivity index (χ3n) is 2.72. The molecule has 0 atom stereocenters. The average molecular weight is 246 g/mol. The molecule has 0 fully saturated rings. The van der Waals surface area contributed by atoms with Gasteiger partial charge in [0.05, 0.1) is 12.8 Å². The maximum atomic E-state index is 13.1. The molecule has 0 amide bonds. The standard InChI is InChI=1S/C14H15FN2O/c1-2-17(13-6-4-3-5-7-13)14-11(10-18)8-12(15)9-16-14/h3-9,18H,2,10H2,1H3. The summed E-state index contributed by atoms with van der Waals surface area (Å²) in [5.74, 6) is 0.152. The van der Waals surface area contributed by atoms with Crippen LogP contribution in [0.3, 0.4) is 0 Å². The van der Waals surface area contributed by atoms with Crippen molar-refractivity contribution in [2.75, 3.05) is 11.4 Å². The molecular weight excluding hydrogens is 231 g/mol. The number of aliphatic hydroxyl groups is 1. The molecule has 1 aromatic carbocycles. The number of aliphatic hydroxyl groups excluding tert-OH is 1. The van der Waals surface area contributed by atoms with Crippen LogP contribution >= 0.6 is 0 Å². The van der Waals surface area contributed by atoms with Crippen LogP contribution in [0.5, 0.6) is 0 Å². The van der Waals surface area contributed by atoms with Crippen LogP contribution in [0.2, 0.25) is 0 Å². The molecule has 2 aromatic rings. The van der Waals surface area contributed by atoms with Gasteiger partial charge in [-0.25, -0.2) is 9.37 Å². The highest BCUT2D eigenvalue weighted by Crippen LogP contribution is 2.26. The van der Waals surface area contributed by atoms with Crippen molar-refractivity contribution in [2.45, 2.75) is 13.5 Å². The molecule has 0 saturated heterocycles. The highest BCUT2D eigenvalue weighted by atomic mass is 19.1. The van der Waals surface area contributed by atoms with E-state index in [9.17, 15) is 9.50 Å². The van der Waals surface area contributed by atoms with Gasteiger partial charge in [-0.2, -0.15) is 0 Å². The van der Waals surface area contributed by atoms with Crippen LogP contribution in [0.4, 0.5) is 15.9 Å². The molecule has 1 heterocycles. The van der Waals surface area contributed by atoms with Gasteiger partial charge >= 0.3 is 0 Å². The summed E-state index contributed by atoms with van der Waals surface area (Å²) < 4.78 is 13.1. The van der Waals surface area contributed by atoms with Crippen molar-refractivity contribution in [3.63, 3.8) is 0 Å². The van der Waals surface area contributed by atoms with E-state index in [4.69, 9.17) is 0 Å². The lowest BCUT2D eigenvalue weighted by Gasteiger charge is -2.24. The number of pyridine rings is 1. The number of hydrogen-bond donors (Lipinski definition) is 1. The Morgan fingerprint density at radius 3 is 2.61 bits per heavy atom. The lowest BCUT2D eigenvalue weighted by atomic mass is 10.2. The molecule has 0 spiro atoms. The van der Waals surface area contributed by atoms with Gasteiger partial charge in [-0.3, -0.25) is 0 Å². The number of rotatable bonds is 4. The lowest BCUT2D eigenvalue weighted by Crippen LogP contribution is -2.19. The van der Waals surface area contributed by atoms with Crippen molar-refractivity contribution < 1.29 is 9.50 Å². The minimum absolute atomic E-state index is 0.233. The second-order valence-corrected chi connectivity index (χ2v) is 3.87. The van der Waals surface area contributed by atoms with Gasteiger partial charge in [0.1, 0.15) is 11.6 Å². The predicted octanol–water partition coefficient (Wildman–Crippen LogP) is 2.87. The minimum Gasteiger partial charge on any atom is -0.392 e. The quantitative estimate of drug-likeness (QED) is 0.901. The zero-order valence-corrected chi connectivity index (χ0v) is 10.2. The van der Waals surface area contributed by atoms with Crippen LogP contribution in [-0.4, -0.2) is 16.6 Å². The van der Waals surface area contributed by atoms with Crippen molar-refractivity contribution in [2.24, 2.45) is 0 Å². The van der Waals surface area contributed by atoms with Crippen LogP contribution in [0.15, 0.2) is 42.6 Å². The van der Waals surface area contributed by atoms with E-state index in [0.29, 0.717) is 17.9 Å². The van der Waals surface area contributed by atoms with Gasteiger partial charge in [0, 0.05) is 17.8 Å². The van der Waals surface area contributed by atoms with Crippen LogP contribution in [0.1, 0.15) is 12.5 Å². The molecule has 4 heteroatoms. The van der Waals surface area contributed by atoms with Gasteiger partial charge in [0.2, 0.25) is 0 Å². The first-order valence-electron chi connectivity index (χ1n) is 5.84. The van der Waals surface area contributed by atoms with Crippen LogP contribution in [0, 0.1) is 5.82 Å². The summed E-state index contributed by atoms with van der Waals surface area (Å²) in [6.45, 7) is 2.44. The zero-order chi connectivity index (χ0) is 13.0. The summed E-state index contributed by atoms with van der Waals surface area (Å²) in [6, 6.07) is 11.0. The van der Waals surface area contributed by atoms with E-state index >= 15 is 0 Å². The van der Waals surface area contributed by atoms with E-state index in [1.54, 1.807) is 0 Å². The number of hydrogen-bond acceptors (Lipinski definition) is 3. The maximum absolute atomic E-state index is 13.1. The van der Waals surface area contributed by atoms with Crippen molar-refractivity contribution in [1.82, 2.24) is 4.98 Å². The SMILES string of the molecule is CCN(c1ccccc1)c1ncc(F)cc1CO. The van der Waals surface area contributed by atoms with Gasteiger partial charge in [-0.1, -0.05) is 18.2 Å². The molecule has 0 radical (unpaired) electrons. The molecule has 18 heavy (non-hydrogen) atoms. The maximum Gasteiger partial charge on any atom is 0.142 e. The predicted molar refractivity (Wildman–Crippen MR) is 69.2 cm³/mol. The highest BCUT2D eigenvalue weighted by Gasteiger charge is 2.13. The number of halogens is 1. The summed E-state index contributed by atoms with van der Waals surface area (Å²) in [5, 5.41) is 9.30. The van der Waals surface area contributed by atoms with E-state index in [0.717, 1.165) is 5.69 Å². The minimum atomic E-state index is -0.438. The molecule has 2 rings (SSSR count). The first-order chi connectivity index (χ1) is 8.76. The smallest absolute Gasteiger partial charge is 0.142 e. The topological polar surface area (TPSA) is 36.4 Å². The highest BCUT2D eigenvalue weighted by molar-refractivity contribution is 5.62. The van der Waals surface area contributed by atoms with Crippen LogP contribution < -0.4 is 4.90 Å². The number of anilines is 2. The molecular formula is C14H15FN2O. The molecule has 0 saturated carbocycles. The summed E-state index contributed by atoms with van der Waals surface area (Å²) in [5.41, 5.74) is 1.45. The first-order valence-corrected chi connectivity index (χ1v) is 5.84. The van der Waals surface area contributed by atoms with E-state index in [2.05, 4.69) is 4.98 Å². The van der Waals surface area contributed by atoms with E-state index in [1.165, 1.54) is 12.3 Å². The lowest BCUT2D eigenvalue weighted by molar-refractivity contribution is 0.281. The summed E-state index contributed by atoms with van der Waals surface area (Å²) in [4.78, 5) is 6.02. The third-order valence-corrected chi connectivity index (χ3v) is 2.72. The molecule has 0 unspecified atom stereocenters. The fraction of sp³-hybridized carbons (Fsp3) is 0.214. The van der Waals surface area contributed by atoms with Gasteiger partial charge in [-0.15, -0.1) is 0 Å². The van der Waals surface area contributed by atoms with E-state index in [-0.39, 0.29) is 6.61 Å². The molecule has 0 bridgehead atoms. The average Bonchev–Trinajstić information content (AvgIpc) is 2.42.